The summed E-state index contributed by atoms with van der Waals surface area (Å²) in [5.41, 5.74) is 6.18. The Labute approximate surface area is 96.6 Å². The van der Waals surface area contributed by atoms with Gasteiger partial charge in [-0.15, -0.1) is 0 Å². The molecule has 2 nitrogen and oxygen atoms in total. The van der Waals surface area contributed by atoms with Crippen molar-refractivity contribution in [2.45, 2.75) is 32.7 Å². The third-order valence-corrected chi connectivity index (χ3v) is 3.30. The van der Waals surface area contributed by atoms with Crippen molar-refractivity contribution in [2.75, 3.05) is 7.11 Å². The highest BCUT2D eigenvalue weighted by molar-refractivity contribution is 5.35. The van der Waals surface area contributed by atoms with Gasteiger partial charge in [-0.2, -0.15) is 0 Å². The average molecular weight is 225 g/mol. The Morgan fingerprint density at radius 2 is 2.06 bits per heavy atom. The van der Waals surface area contributed by atoms with Crippen molar-refractivity contribution >= 4 is 0 Å². The minimum atomic E-state index is -0.640. The van der Waals surface area contributed by atoms with Crippen LogP contribution in [0.5, 0.6) is 5.75 Å². The van der Waals surface area contributed by atoms with Crippen molar-refractivity contribution in [2.24, 2.45) is 11.7 Å². The number of ether oxygens (including phenoxy) is 1. The van der Waals surface area contributed by atoms with E-state index in [1.54, 1.807) is 18.2 Å². The lowest BCUT2D eigenvalue weighted by atomic mass is 9.78. The fourth-order valence-electron chi connectivity index (χ4n) is 1.94. The number of hydrogen-bond acceptors (Lipinski definition) is 2. The van der Waals surface area contributed by atoms with Gasteiger partial charge in [0.25, 0.3) is 0 Å². The Hall–Kier alpha value is -1.09. The maximum atomic E-state index is 14.1. The van der Waals surface area contributed by atoms with E-state index in [0.717, 1.165) is 0 Å². The molecule has 0 aliphatic heterocycles. The summed E-state index contributed by atoms with van der Waals surface area (Å²) >= 11 is 0. The maximum Gasteiger partial charge on any atom is 0.170 e. The van der Waals surface area contributed by atoms with E-state index in [9.17, 15) is 4.39 Å². The summed E-state index contributed by atoms with van der Waals surface area (Å²) < 4.78 is 19.1. The van der Waals surface area contributed by atoms with Crippen molar-refractivity contribution < 1.29 is 9.13 Å². The molecule has 1 aromatic carbocycles. The monoisotopic (exact) mass is 225 g/mol. The van der Waals surface area contributed by atoms with Gasteiger partial charge in [-0.1, -0.05) is 32.9 Å². The van der Waals surface area contributed by atoms with Crippen molar-refractivity contribution in [3.8, 4) is 5.75 Å². The van der Waals surface area contributed by atoms with Crippen molar-refractivity contribution in [3.05, 3.63) is 29.6 Å². The lowest BCUT2D eigenvalue weighted by Crippen LogP contribution is -2.42. The smallest absolute Gasteiger partial charge is 0.170 e. The Bertz CT molecular complexity index is 365. The molecule has 1 atom stereocenters. The van der Waals surface area contributed by atoms with Crippen molar-refractivity contribution in [1.29, 1.82) is 0 Å². The van der Waals surface area contributed by atoms with Crippen LogP contribution < -0.4 is 10.5 Å². The highest BCUT2D eigenvalue weighted by atomic mass is 19.1. The highest BCUT2D eigenvalue weighted by Gasteiger charge is 2.32. The highest BCUT2D eigenvalue weighted by Crippen LogP contribution is 2.34. The summed E-state index contributed by atoms with van der Waals surface area (Å²) in [5.74, 6) is 0.0728. The Morgan fingerprint density at radius 1 is 1.44 bits per heavy atom. The van der Waals surface area contributed by atoms with Gasteiger partial charge < -0.3 is 10.5 Å². The minimum Gasteiger partial charge on any atom is -0.494 e. The summed E-state index contributed by atoms with van der Waals surface area (Å²) in [6.07, 6.45) is 0.689. The van der Waals surface area contributed by atoms with Gasteiger partial charge in [0, 0.05) is 11.1 Å². The molecule has 0 amide bonds. The first-order valence-corrected chi connectivity index (χ1v) is 5.59. The predicted molar refractivity (Wildman–Crippen MR) is 63.9 cm³/mol. The van der Waals surface area contributed by atoms with Crippen molar-refractivity contribution in [3.63, 3.8) is 0 Å². The lowest BCUT2D eigenvalue weighted by Gasteiger charge is -2.33. The van der Waals surface area contributed by atoms with Crippen LogP contribution in [0.2, 0.25) is 0 Å². The van der Waals surface area contributed by atoms with Crippen LogP contribution in [0.25, 0.3) is 0 Å². The fourth-order valence-corrected chi connectivity index (χ4v) is 1.94. The largest absolute Gasteiger partial charge is 0.494 e. The number of rotatable bonds is 4. The molecule has 0 saturated heterocycles. The Morgan fingerprint density at radius 3 is 2.50 bits per heavy atom. The quantitative estimate of drug-likeness (QED) is 0.854. The summed E-state index contributed by atoms with van der Waals surface area (Å²) in [5, 5.41) is 0. The molecule has 0 aliphatic carbocycles. The summed E-state index contributed by atoms with van der Waals surface area (Å²) in [4.78, 5) is 0. The molecule has 0 spiro atoms. The van der Waals surface area contributed by atoms with E-state index < -0.39 is 5.54 Å². The van der Waals surface area contributed by atoms with E-state index >= 15 is 0 Å². The SMILES string of the molecule is CCC(N)(c1cccc(OC)c1F)C(C)C. The molecule has 0 aliphatic rings. The summed E-state index contributed by atoms with van der Waals surface area (Å²) in [6.45, 7) is 5.98. The topological polar surface area (TPSA) is 35.2 Å². The molecule has 90 valence electrons. The number of nitrogens with two attached hydrogens (primary N) is 1. The molecule has 0 saturated carbocycles. The molecule has 0 heterocycles. The van der Waals surface area contributed by atoms with Gasteiger partial charge in [0.1, 0.15) is 0 Å². The van der Waals surface area contributed by atoms with Crippen molar-refractivity contribution in [1.82, 2.24) is 0 Å². The molecular weight excluding hydrogens is 205 g/mol. The van der Waals surface area contributed by atoms with E-state index in [2.05, 4.69) is 0 Å². The molecule has 0 radical (unpaired) electrons. The second kappa shape index (κ2) is 4.83. The van der Waals surface area contributed by atoms with Crippen LogP contribution >= 0.6 is 0 Å². The van der Waals surface area contributed by atoms with E-state index in [-0.39, 0.29) is 17.5 Å². The molecule has 1 unspecified atom stereocenters. The summed E-state index contributed by atoms with van der Waals surface area (Å²) in [7, 11) is 1.46. The van der Waals surface area contributed by atoms with Gasteiger partial charge in [0.15, 0.2) is 11.6 Å². The van der Waals surface area contributed by atoms with E-state index in [1.165, 1.54) is 7.11 Å². The second-order valence-corrected chi connectivity index (χ2v) is 4.37. The Balaban J connectivity index is 3.31. The van der Waals surface area contributed by atoms with Crippen LogP contribution in [0.4, 0.5) is 4.39 Å². The lowest BCUT2D eigenvalue weighted by molar-refractivity contribution is 0.288. The van der Waals surface area contributed by atoms with Crippen LogP contribution in [0.15, 0.2) is 18.2 Å². The third kappa shape index (κ3) is 2.05. The molecule has 1 rings (SSSR count). The van der Waals surface area contributed by atoms with Gasteiger partial charge in [-0.3, -0.25) is 0 Å². The molecular formula is C13H20FNO. The van der Waals surface area contributed by atoms with Crippen LogP contribution in [-0.2, 0) is 5.54 Å². The van der Waals surface area contributed by atoms with E-state index in [1.807, 2.05) is 20.8 Å². The maximum absolute atomic E-state index is 14.1. The predicted octanol–water partition coefficient (Wildman–Crippen LogP) is 3.05. The first kappa shape index (κ1) is 13.0. The van der Waals surface area contributed by atoms with Gasteiger partial charge in [-0.05, 0) is 18.4 Å². The van der Waals surface area contributed by atoms with E-state index in [0.29, 0.717) is 12.0 Å². The number of benzene rings is 1. The summed E-state index contributed by atoms with van der Waals surface area (Å²) in [6, 6.07) is 5.12. The zero-order valence-corrected chi connectivity index (χ0v) is 10.4. The standard InChI is InChI=1S/C13H20FNO/c1-5-13(15,9(2)3)10-7-6-8-11(16-4)12(10)14/h6-9H,5,15H2,1-4H3. The molecule has 16 heavy (non-hydrogen) atoms. The number of methoxy groups -OCH3 is 1. The normalized spacial score (nSPS) is 14.9. The zero-order chi connectivity index (χ0) is 12.3. The first-order chi connectivity index (χ1) is 7.47. The molecule has 0 bridgehead atoms. The molecule has 0 aromatic heterocycles. The second-order valence-electron chi connectivity index (χ2n) is 4.37. The number of halogens is 1. The fraction of sp³-hybridized carbons (Fsp3) is 0.538. The minimum absolute atomic E-state index is 0.166. The third-order valence-electron chi connectivity index (χ3n) is 3.30. The molecule has 1 aromatic rings. The molecule has 3 heteroatoms. The van der Waals surface area contributed by atoms with Gasteiger partial charge in [0.05, 0.1) is 7.11 Å². The van der Waals surface area contributed by atoms with Crippen LogP contribution in [-0.4, -0.2) is 7.11 Å². The van der Waals surface area contributed by atoms with Crippen LogP contribution in [0.1, 0.15) is 32.8 Å². The van der Waals surface area contributed by atoms with E-state index in [4.69, 9.17) is 10.5 Å². The van der Waals surface area contributed by atoms with Crippen LogP contribution in [0.3, 0.4) is 0 Å². The molecule has 0 fully saturated rings. The zero-order valence-electron chi connectivity index (χ0n) is 10.4. The van der Waals surface area contributed by atoms with Gasteiger partial charge in [0.2, 0.25) is 0 Å². The van der Waals surface area contributed by atoms with Gasteiger partial charge in [-0.25, -0.2) is 4.39 Å². The Kier molecular flexibility index (Phi) is 3.92. The van der Waals surface area contributed by atoms with Crippen LogP contribution in [0, 0.1) is 11.7 Å². The number of hydrogen-bond donors (Lipinski definition) is 1. The first-order valence-electron chi connectivity index (χ1n) is 5.59. The van der Waals surface area contributed by atoms with Gasteiger partial charge >= 0.3 is 0 Å². The average Bonchev–Trinajstić information content (AvgIpc) is 2.28. The molecule has 2 N–H and O–H groups in total.